The number of nitrogens with one attached hydrogen (secondary N) is 1. The molecule has 4 heteroatoms. The molecule has 0 spiro atoms. The SMILES string of the molecule is COc1ccc(C(O)CNCc2ccccc2Br)cc1. The van der Waals surface area contributed by atoms with Crippen molar-refractivity contribution in [2.24, 2.45) is 0 Å². The highest BCUT2D eigenvalue weighted by Gasteiger charge is 2.07. The Morgan fingerprint density at radius 2 is 1.85 bits per heavy atom. The van der Waals surface area contributed by atoms with E-state index in [1.165, 1.54) is 5.56 Å². The molecule has 2 rings (SSSR count). The Kier molecular flexibility index (Phi) is 5.59. The fourth-order valence-corrected chi connectivity index (χ4v) is 2.35. The highest BCUT2D eigenvalue weighted by molar-refractivity contribution is 9.10. The first-order valence-electron chi connectivity index (χ1n) is 6.47. The number of hydrogen-bond donors (Lipinski definition) is 2. The molecule has 0 aliphatic heterocycles. The van der Waals surface area contributed by atoms with Crippen molar-refractivity contribution in [2.75, 3.05) is 13.7 Å². The van der Waals surface area contributed by atoms with Crippen LogP contribution in [-0.2, 0) is 6.54 Å². The van der Waals surface area contributed by atoms with E-state index in [0.29, 0.717) is 13.1 Å². The minimum Gasteiger partial charge on any atom is -0.497 e. The predicted octanol–water partition coefficient (Wildman–Crippen LogP) is 3.28. The molecule has 0 radical (unpaired) electrons. The summed E-state index contributed by atoms with van der Waals surface area (Å²) in [6.45, 7) is 1.22. The number of benzene rings is 2. The van der Waals surface area contributed by atoms with E-state index >= 15 is 0 Å². The van der Waals surface area contributed by atoms with Gasteiger partial charge in [0, 0.05) is 17.6 Å². The second-order valence-corrected chi connectivity index (χ2v) is 5.37. The molecule has 0 amide bonds. The minimum absolute atomic E-state index is 0.508. The number of hydrogen-bond acceptors (Lipinski definition) is 3. The maximum absolute atomic E-state index is 10.1. The van der Waals surface area contributed by atoms with E-state index in [1.807, 2.05) is 42.5 Å². The van der Waals surface area contributed by atoms with Crippen molar-refractivity contribution in [3.8, 4) is 5.75 Å². The van der Waals surface area contributed by atoms with Gasteiger partial charge in [0.05, 0.1) is 13.2 Å². The van der Waals surface area contributed by atoms with Crippen molar-refractivity contribution in [1.82, 2.24) is 5.32 Å². The summed E-state index contributed by atoms with van der Waals surface area (Å²) in [5.41, 5.74) is 2.06. The summed E-state index contributed by atoms with van der Waals surface area (Å²) in [6, 6.07) is 15.5. The van der Waals surface area contributed by atoms with Crippen molar-refractivity contribution in [1.29, 1.82) is 0 Å². The number of halogens is 1. The van der Waals surface area contributed by atoms with Gasteiger partial charge in [0.2, 0.25) is 0 Å². The van der Waals surface area contributed by atoms with E-state index in [4.69, 9.17) is 4.74 Å². The molecular formula is C16H18BrNO2. The molecule has 2 aromatic rings. The van der Waals surface area contributed by atoms with Crippen molar-refractivity contribution < 1.29 is 9.84 Å². The molecule has 0 heterocycles. The van der Waals surface area contributed by atoms with Crippen LogP contribution in [0.4, 0.5) is 0 Å². The molecule has 0 fully saturated rings. The van der Waals surface area contributed by atoms with Crippen molar-refractivity contribution in [3.63, 3.8) is 0 Å². The largest absolute Gasteiger partial charge is 0.497 e. The zero-order valence-corrected chi connectivity index (χ0v) is 12.9. The van der Waals surface area contributed by atoms with Gasteiger partial charge in [-0.25, -0.2) is 0 Å². The molecule has 106 valence electrons. The third-order valence-electron chi connectivity index (χ3n) is 3.11. The van der Waals surface area contributed by atoms with Crippen LogP contribution < -0.4 is 10.1 Å². The second-order valence-electron chi connectivity index (χ2n) is 4.51. The highest BCUT2D eigenvalue weighted by Crippen LogP contribution is 2.18. The Balaban J connectivity index is 1.85. The van der Waals surface area contributed by atoms with E-state index in [1.54, 1.807) is 7.11 Å². The van der Waals surface area contributed by atoms with Crippen LogP contribution in [0.3, 0.4) is 0 Å². The molecule has 0 bridgehead atoms. The van der Waals surface area contributed by atoms with E-state index in [0.717, 1.165) is 15.8 Å². The van der Waals surface area contributed by atoms with Crippen LogP contribution in [0, 0.1) is 0 Å². The second kappa shape index (κ2) is 7.43. The first-order chi connectivity index (χ1) is 9.70. The average Bonchev–Trinajstić information content (AvgIpc) is 2.49. The third-order valence-corrected chi connectivity index (χ3v) is 3.89. The molecule has 2 N–H and O–H groups in total. The van der Waals surface area contributed by atoms with Crippen LogP contribution >= 0.6 is 15.9 Å². The lowest BCUT2D eigenvalue weighted by Crippen LogP contribution is -2.21. The number of aliphatic hydroxyl groups excluding tert-OH is 1. The van der Waals surface area contributed by atoms with Gasteiger partial charge in [0.15, 0.2) is 0 Å². The van der Waals surface area contributed by atoms with Gasteiger partial charge >= 0.3 is 0 Å². The van der Waals surface area contributed by atoms with Gasteiger partial charge < -0.3 is 15.2 Å². The maximum Gasteiger partial charge on any atom is 0.118 e. The Labute approximate surface area is 127 Å². The van der Waals surface area contributed by atoms with Gasteiger partial charge in [0.25, 0.3) is 0 Å². The predicted molar refractivity (Wildman–Crippen MR) is 83.8 cm³/mol. The Hall–Kier alpha value is -1.36. The number of methoxy groups -OCH3 is 1. The molecule has 1 unspecified atom stereocenters. The summed E-state index contributed by atoms with van der Waals surface area (Å²) in [6.07, 6.45) is -0.525. The topological polar surface area (TPSA) is 41.5 Å². The fraction of sp³-hybridized carbons (Fsp3) is 0.250. The van der Waals surface area contributed by atoms with Crippen LogP contribution in [0.15, 0.2) is 53.0 Å². The number of rotatable bonds is 6. The summed E-state index contributed by atoms with van der Waals surface area (Å²) < 4.78 is 6.17. The Morgan fingerprint density at radius 3 is 2.50 bits per heavy atom. The summed E-state index contributed by atoms with van der Waals surface area (Å²) in [4.78, 5) is 0. The van der Waals surface area contributed by atoms with Gasteiger partial charge in [-0.15, -0.1) is 0 Å². The summed E-state index contributed by atoms with van der Waals surface area (Å²) in [7, 11) is 1.63. The zero-order chi connectivity index (χ0) is 14.4. The molecule has 20 heavy (non-hydrogen) atoms. The molecule has 0 aromatic heterocycles. The summed E-state index contributed by atoms with van der Waals surface area (Å²) in [5, 5.41) is 13.4. The van der Waals surface area contributed by atoms with E-state index < -0.39 is 6.10 Å². The molecule has 0 aliphatic carbocycles. The monoisotopic (exact) mass is 335 g/mol. The molecule has 1 atom stereocenters. The normalized spacial score (nSPS) is 12.2. The summed E-state index contributed by atoms with van der Waals surface area (Å²) in [5.74, 6) is 0.794. The van der Waals surface area contributed by atoms with Crippen LogP contribution in [0.1, 0.15) is 17.2 Å². The van der Waals surface area contributed by atoms with Gasteiger partial charge in [-0.2, -0.15) is 0 Å². The quantitative estimate of drug-likeness (QED) is 0.851. The zero-order valence-electron chi connectivity index (χ0n) is 11.3. The van der Waals surface area contributed by atoms with Crippen LogP contribution in [0.5, 0.6) is 5.75 Å². The number of ether oxygens (including phenoxy) is 1. The van der Waals surface area contributed by atoms with Gasteiger partial charge in [-0.1, -0.05) is 46.3 Å². The molecule has 3 nitrogen and oxygen atoms in total. The Morgan fingerprint density at radius 1 is 1.15 bits per heavy atom. The van der Waals surface area contributed by atoms with Crippen molar-refractivity contribution in [3.05, 3.63) is 64.1 Å². The molecular weight excluding hydrogens is 318 g/mol. The fourth-order valence-electron chi connectivity index (χ4n) is 1.93. The first kappa shape index (κ1) is 15.0. The molecule has 0 saturated heterocycles. The van der Waals surface area contributed by atoms with Gasteiger partial charge in [-0.3, -0.25) is 0 Å². The minimum atomic E-state index is -0.525. The lowest BCUT2D eigenvalue weighted by Gasteiger charge is -2.13. The first-order valence-corrected chi connectivity index (χ1v) is 7.26. The van der Waals surface area contributed by atoms with E-state index in [2.05, 4.69) is 27.3 Å². The standard InChI is InChI=1S/C16H18BrNO2/c1-20-14-8-6-12(7-9-14)16(19)11-18-10-13-4-2-3-5-15(13)17/h2-9,16,18-19H,10-11H2,1H3. The smallest absolute Gasteiger partial charge is 0.118 e. The van der Waals surface area contributed by atoms with Crippen molar-refractivity contribution >= 4 is 15.9 Å². The molecule has 0 saturated carbocycles. The van der Waals surface area contributed by atoms with Gasteiger partial charge in [0.1, 0.15) is 5.75 Å². The lowest BCUT2D eigenvalue weighted by atomic mass is 10.1. The maximum atomic E-state index is 10.1. The Bertz CT molecular complexity index is 542. The van der Waals surface area contributed by atoms with Crippen LogP contribution in [0.2, 0.25) is 0 Å². The average molecular weight is 336 g/mol. The molecule has 0 aliphatic rings. The lowest BCUT2D eigenvalue weighted by molar-refractivity contribution is 0.174. The third kappa shape index (κ3) is 4.07. The van der Waals surface area contributed by atoms with Gasteiger partial charge in [-0.05, 0) is 29.3 Å². The van der Waals surface area contributed by atoms with Crippen LogP contribution in [0.25, 0.3) is 0 Å². The highest BCUT2D eigenvalue weighted by atomic mass is 79.9. The molecule has 2 aromatic carbocycles. The van der Waals surface area contributed by atoms with Crippen molar-refractivity contribution in [2.45, 2.75) is 12.6 Å². The van der Waals surface area contributed by atoms with E-state index in [9.17, 15) is 5.11 Å². The van der Waals surface area contributed by atoms with Crippen LogP contribution in [-0.4, -0.2) is 18.8 Å². The number of aliphatic hydroxyl groups is 1. The summed E-state index contributed by atoms with van der Waals surface area (Å²) >= 11 is 3.51. The van der Waals surface area contributed by atoms with E-state index in [-0.39, 0.29) is 0 Å².